The summed E-state index contributed by atoms with van der Waals surface area (Å²) in [6.07, 6.45) is 0.970. The maximum atomic E-state index is 10.4. The molecule has 0 aromatic rings. The van der Waals surface area contributed by atoms with Gasteiger partial charge in [-0.3, -0.25) is 9.59 Å². The zero-order valence-electron chi connectivity index (χ0n) is 8.20. The number of aliphatic carboxylic acids is 2. The summed E-state index contributed by atoms with van der Waals surface area (Å²) in [6, 6.07) is 0. The van der Waals surface area contributed by atoms with Crippen LogP contribution in [-0.4, -0.2) is 27.7 Å². The van der Waals surface area contributed by atoms with Gasteiger partial charge in [-0.25, -0.2) is 0 Å². The maximum Gasteiger partial charge on any atom is 0.323 e. The summed E-state index contributed by atoms with van der Waals surface area (Å²) >= 11 is 0. The van der Waals surface area contributed by atoms with Crippen LogP contribution >= 0.6 is 0 Å². The standard InChI is InChI=1S/C6H13NO2.C2H4O2/c1-3-6(7,4-2)5(8)9;1-2(3)4/h3-4,7H2,1-2H3,(H,8,9);1H3,(H,3,4). The summed E-state index contributed by atoms with van der Waals surface area (Å²) in [5.74, 6) is -1.74. The van der Waals surface area contributed by atoms with Crippen LogP contribution in [0.15, 0.2) is 0 Å². The van der Waals surface area contributed by atoms with Gasteiger partial charge >= 0.3 is 5.97 Å². The van der Waals surface area contributed by atoms with E-state index in [1.54, 1.807) is 13.8 Å². The fourth-order valence-electron chi connectivity index (χ4n) is 0.552. The first-order valence-corrected chi connectivity index (χ1v) is 4.02. The minimum atomic E-state index is -1.00. The van der Waals surface area contributed by atoms with Gasteiger partial charge in [0, 0.05) is 6.92 Å². The number of carbonyl (C=O) groups is 2. The first-order valence-electron chi connectivity index (χ1n) is 4.02. The van der Waals surface area contributed by atoms with Gasteiger partial charge in [-0.1, -0.05) is 13.8 Å². The lowest BCUT2D eigenvalue weighted by Crippen LogP contribution is -2.46. The molecule has 0 aliphatic rings. The van der Waals surface area contributed by atoms with Gasteiger partial charge in [-0.2, -0.15) is 0 Å². The van der Waals surface area contributed by atoms with E-state index in [2.05, 4.69) is 0 Å². The van der Waals surface area contributed by atoms with E-state index in [0.717, 1.165) is 6.92 Å². The largest absolute Gasteiger partial charge is 0.481 e. The Morgan fingerprint density at radius 1 is 1.23 bits per heavy atom. The molecule has 0 radical (unpaired) electrons. The molecular weight excluding hydrogens is 174 g/mol. The minimum absolute atomic E-state index is 0.485. The van der Waals surface area contributed by atoms with Crippen LogP contribution in [0, 0.1) is 0 Å². The monoisotopic (exact) mass is 191 g/mol. The summed E-state index contributed by atoms with van der Waals surface area (Å²) in [7, 11) is 0. The molecule has 5 heteroatoms. The second kappa shape index (κ2) is 6.42. The molecule has 0 amide bonds. The predicted octanol–water partition coefficient (Wildman–Crippen LogP) is 0.679. The van der Waals surface area contributed by atoms with Gasteiger partial charge in [0.1, 0.15) is 5.54 Å². The molecule has 0 saturated heterocycles. The predicted molar refractivity (Wildman–Crippen MR) is 48.4 cm³/mol. The molecule has 0 aliphatic carbocycles. The van der Waals surface area contributed by atoms with Crippen molar-refractivity contribution >= 4 is 11.9 Å². The Balaban J connectivity index is 0. The van der Waals surface area contributed by atoms with Crippen molar-refractivity contribution in [2.24, 2.45) is 5.73 Å². The van der Waals surface area contributed by atoms with E-state index in [9.17, 15) is 4.79 Å². The lowest BCUT2D eigenvalue weighted by molar-refractivity contribution is -0.143. The fraction of sp³-hybridized carbons (Fsp3) is 0.750. The average molecular weight is 191 g/mol. The van der Waals surface area contributed by atoms with Crippen LogP contribution in [0.5, 0.6) is 0 Å². The second-order valence-electron chi connectivity index (χ2n) is 2.69. The lowest BCUT2D eigenvalue weighted by Gasteiger charge is -2.19. The van der Waals surface area contributed by atoms with Gasteiger partial charge in [0.25, 0.3) is 5.97 Å². The van der Waals surface area contributed by atoms with Crippen LogP contribution < -0.4 is 5.73 Å². The van der Waals surface area contributed by atoms with Crippen molar-refractivity contribution in [1.29, 1.82) is 0 Å². The SMILES string of the molecule is CC(=O)O.CCC(N)(CC)C(=O)O. The third-order valence-corrected chi connectivity index (χ3v) is 1.69. The molecule has 0 spiro atoms. The molecule has 0 atom stereocenters. The first-order chi connectivity index (χ1) is 5.80. The number of carboxylic acids is 2. The van der Waals surface area contributed by atoms with Gasteiger partial charge in [0.05, 0.1) is 0 Å². The van der Waals surface area contributed by atoms with Gasteiger partial charge in [-0.05, 0) is 12.8 Å². The summed E-state index contributed by atoms with van der Waals surface area (Å²) in [4.78, 5) is 19.4. The molecule has 5 nitrogen and oxygen atoms in total. The van der Waals surface area contributed by atoms with Crippen LogP contribution in [0.4, 0.5) is 0 Å². The Bertz CT molecular complexity index is 171. The molecule has 0 unspecified atom stereocenters. The third-order valence-electron chi connectivity index (χ3n) is 1.69. The summed E-state index contributed by atoms with van der Waals surface area (Å²) in [6.45, 7) is 4.63. The maximum absolute atomic E-state index is 10.4. The van der Waals surface area contributed by atoms with Crippen LogP contribution in [0.2, 0.25) is 0 Å². The van der Waals surface area contributed by atoms with Crippen molar-refractivity contribution in [2.45, 2.75) is 39.2 Å². The van der Waals surface area contributed by atoms with Gasteiger partial charge in [-0.15, -0.1) is 0 Å². The van der Waals surface area contributed by atoms with Crippen LogP contribution in [0.1, 0.15) is 33.6 Å². The number of hydrogen-bond donors (Lipinski definition) is 3. The third kappa shape index (κ3) is 7.27. The van der Waals surface area contributed by atoms with Crippen LogP contribution in [0.3, 0.4) is 0 Å². The highest BCUT2D eigenvalue weighted by Crippen LogP contribution is 2.10. The molecule has 0 rings (SSSR count). The van der Waals surface area contributed by atoms with E-state index < -0.39 is 17.5 Å². The lowest BCUT2D eigenvalue weighted by atomic mass is 9.95. The van der Waals surface area contributed by atoms with Crippen LogP contribution in [-0.2, 0) is 9.59 Å². The van der Waals surface area contributed by atoms with E-state index in [1.165, 1.54) is 0 Å². The van der Waals surface area contributed by atoms with Crippen molar-refractivity contribution in [3.8, 4) is 0 Å². The minimum Gasteiger partial charge on any atom is -0.481 e. The molecule has 0 bridgehead atoms. The molecular formula is C8H17NO4. The Hall–Kier alpha value is -1.10. The molecule has 0 aliphatic heterocycles. The molecule has 0 heterocycles. The number of carboxylic acid groups (broad SMARTS) is 2. The summed E-state index contributed by atoms with van der Waals surface area (Å²) in [5, 5.41) is 15.9. The van der Waals surface area contributed by atoms with E-state index in [0.29, 0.717) is 12.8 Å². The summed E-state index contributed by atoms with van der Waals surface area (Å²) < 4.78 is 0. The topological polar surface area (TPSA) is 101 Å². The molecule has 0 fully saturated rings. The average Bonchev–Trinajstić information content (AvgIpc) is 2.01. The molecule has 4 N–H and O–H groups in total. The van der Waals surface area contributed by atoms with Crippen molar-refractivity contribution < 1.29 is 19.8 Å². The zero-order valence-corrected chi connectivity index (χ0v) is 8.20. The Labute approximate surface area is 77.6 Å². The second-order valence-corrected chi connectivity index (χ2v) is 2.69. The van der Waals surface area contributed by atoms with E-state index in [4.69, 9.17) is 20.7 Å². The van der Waals surface area contributed by atoms with Crippen molar-refractivity contribution in [1.82, 2.24) is 0 Å². The van der Waals surface area contributed by atoms with E-state index in [-0.39, 0.29) is 0 Å². The molecule has 0 aromatic heterocycles. The highest BCUT2D eigenvalue weighted by atomic mass is 16.4. The number of nitrogens with two attached hydrogens (primary N) is 1. The zero-order chi connectivity index (χ0) is 11.1. The Kier molecular flexibility index (Phi) is 7.12. The van der Waals surface area contributed by atoms with Gasteiger partial charge in [0.2, 0.25) is 0 Å². The van der Waals surface area contributed by atoms with E-state index >= 15 is 0 Å². The van der Waals surface area contributed by atoms with Crippen molar-refractivity contribution in [3.63, 3.8) is 0 Å². The highest BCUT2D eigenvalue weighted by Gasteiger charge is 2.28. The van der Waals surface area contributed by atoms with Crippen LogP contribution in [0.25, 0.3) is 0 Å². The van der Waals surface area contributed by atoms with E-state index in [1.807, 2.05) is 0 Å². The first kappa shape index (κ1) is 14.4. The molecule has 0 aromatic carbocycles. The van der Waals surface area contributed by atoms with Crippen molar-refractivity contribution in [2.75, 3.05) is 0 Å². The fourth-order valence-corrected chi connectivity index (χ4v) is 0.552. The smallest absolute Gasteiger partial charge is 0.323 e. The summed E-state index contributed by atoms with van der Waals surface area (Å²) in [5.41, 5.74) is 4.44. The molecule has 13 heavy (non-hydrogen) atoms. The highest BCUT2D eigenvalue weighted by molar-refractivity contribution is 5.78. The number of rotatable bonds is 3. The normalized spacial score (nSPS) is 9.85. The molecule has 0 saturated carbocycles. The van der Waals surface area contributed by atoms with Gasteiger partial charge in [0.15, 0.2) is 0 Å². The van der Waals surface area contributed by atoms with Gasteiger partial charge < -0.3 is 15.9 Å². The Morgan fingerprint density at radius 2 is 1.46 bits per heavy atom. The quantitative estimate of drug-likeness (QED) is 0.609. The molecule has 78 valence electrons. The van der Waals surface area contributed by atoms with Crippen molar-refractivity contribution in [3.05, 3.63) is 0 Å². The Morgan fingerprint density at radius 3 is 1.46 bits per heavy atom. The number of hydrogen-bond acceptors (Lipinski definition) is 3.